The molecule has 7 heteroatoms. The van der Waals surface area contributed by atoms with E-state index in [1.165, 1.54) is 16.7 Å². The molecule has 5 nitrogen and oxygen atoms in total. The zero-order chi connectivity index (χ0) is 18.0. The highest BCUT2D eigenvalue weighted by Gasteiger charge is 2.40. The molecule has 1 N–H and O–H groups in total. The average molecular weight is 479 g/mol. The Morgan fingerprint density at radius 1 is 1.32 bits per heavy atom. The first-order valence-electron chi connectivity index (χ1n) is 8.40. The van der Waals surface area contributed by atoms with E-state index in [2.05, 4.69) is 42.4 Å². The number of hydrogen-bond donors (Lipinski definition) is 1. The summed E-state index contributed by atoms with van der Waals surface area (Å²) in [5.41, 5.74) is 3.90. The molecule has 142 valence electrons. The minimum absolute atomic E-state index is 0. The van der Waals surface area contributed by atoms with Crippen molar-refractivity contribution in [3.63, 3.8) is 0 Å². The summed E-state index contributed by atoms with van der Waals surface area (Å²) in [6.07, 6.45) is 0.917. The van der Waals surface area contributed by atoms with Crippen molar-refractivity contribution in [2.75, 3.05) is 32.4 Å². The van der Waals surface area contributed by atoms with Crippen LogP contribution < -0.4 is 5.32 Å². The van der Waals surface area contributed by atoms with Gasteiger partial charge in [-0.1, -0.05) is 23.8 Å². The van der Waals surface area contributed by atoms with Crippen molar-refractivity contribution in [3.05, 3.63) is 34.9 Å². The highest BCUT2D eigenvalue weighted by molar-refractivity contribution is 14.0. The van der Waals surface area contributed by atoms with Crippen molar-refractivity contribution >= 4 is 39.8 Å². The van der Waals surface area contributed by atoms with E-state index < -0.39 is 14.6 Å². The quantitative estimate of drug-likeness (QED) is 0.411. The summed E-state index contributed by atoms with van der Waals surface area (Å²) in [6, 6.07) is 6.50. The lowest BCUT2D eigenvalue weighted by Gasteiger charge is -2.39. The Kier molecular flexibility index (Phi) is 7.73. The van der Waals surface area contributed by atoms with Gasteiger partial charge in [0.1, 0.15) is 0 Å². The highest BCUT2D eigenvalue weighted by atomic mass is 127. The number of nitrogens with one attached hydrogen (secondary N) is 1. The molecule has 1 heterocycles. The van der Waals surface area contributed by atoms with Crippen LogP contribution in [0.2, 0.25) is 0 Å². The Morgan fingerprint density at radius 2 is 2.00 bits per heavy atom. The topological polar surface area (TPSA) is 61.8 Å². The number of rotatable bonds is 3. The SMILES string of the molecule is CN=C(NCCc1ccc(C)cc1C)N1CCS(=O)(=O)C(C)(C)C1.I. The number of guanidine groups is 1. The average Bonchev–Trinajstić information content (AvgIpc) is 2.49. The molecule has 0 unspecified atom stereocenters. The Labute approximate surface area is 169 Å². The normalized spacial score (nSPS) is 19.2. The molecule has 0 saturated carbocycles. The zero-order valence-corrected chi connectivity index (χ0v) is 18.9. The van der Waals surface area contributed by atoms with Gasteiger partial charge in [0.2, 0.25) is 0 Å². The Morgan fingerprint density at radius 3 is 2.56 bits per heavy atom. The van der Waals surface area contributed by atoms with Crippen molar-refractivity contribution in [1.29, 1.82) is 0 Å². The van der Waals surface area contributed by atoms with Crippen LogP contribution in [0.5, 0.6) is 0 Å². The standard InChI is InChI=1S/C18H29N3O2S.HI/c1-14-6-7-16(15(2)12-14)8-9-20-17(19-5)21-10-11-24(22,23)18(3,4)13-21;/h6-7,12H,8-11,13H2,1-5H3,(H,19,20);1H. The molecule has 0 radical (unpaired) electrons. The molecule has 1 saturated heterocycles. The third-order valence-corrected chi connectivity index (χ3v) is 7.26. The van der Waals surface area contributed by atoms with Crippen LogP contribution in [0.25, 0.3) is 0 Å². The van der Waals surface area contributed by atoms with Gasteiger partial charge in [0.05, 0.1) is 10.5 Å². The lowest BCUT2D eigenvalue weighted by atomic mass is 10.0. The first-order chi connectivity index (χ1) is 11.2. The zero-order valence-electron chi connectivity index (χ0n) is 15.8. The van der Waals surface area contributed by atoms with Gasteiger partial charge < -0.3 is 10.2 Å². The maximum Gasteiger partial charge on any atom is 0.193 e. The predicted octanol–water partition coefficient (Wildman–Crippen LogP) is 2.55. The highest BCUT2D eigenvalue weighted by Crippen LogP contribution is 2.23. The summed E-state index contributed by atoms with van der Waals surface area (Å²) in [5, 5.41) is 3.38. The van der Waals surface area contributed by atoms with Crippen molar-refractivity contribution in [2.24, 2.45) is 4.99 Å². The summed E-state index contributed by atoms with van der Waals surface area (Å²) in [4.78, 5) is 6.37. The molecule has 0 amide bonds. The summed E-state index contributed by atoms with van der Waals surface area (Å²) >= 11 is 0. The summed E-state index contributed by atoms with van der Waals surface area (Å²) < 4.78 is 23.5. The Hall–Kier alpha value is -0.830. The Balaban J connectivity index is 0.00000312. The number of aliphatic imine (C=N–C) groups is 1. The van der Waals surface area contributed by atoms with Crippen molar-refractivity contribution in [3.8, 4) is 0 Å². The van der Waals surface area contributed by atoms with E-state index in [0.29, 0.717) is 13.1 Å². The van der Waals surface area contributed by atoms with Gasteiger partial charge in [-0.2, -0.15) is 0 Å². The van der Waals surface area contributed by atoms with E-state index in [-0.39, 0.29) is 29.7 Å². The van der Waals surface area contributed by atoms with Crippen LogP contribution in [0.4, 0.5) is 0 Å². The molecule has 1 fully saturated rings. The smallest absolute Gasteiger partial charge is 0.193 e. The number of benzene rings is 1. The van der Waals surface area contributed by atoms with Crippen LogP contribution in [0.1, 0.15) is 30.5 Å². The van der Waals surface area contributed by atoms with E-state index in [4.69, 9.17) is 0 Å². The van der Waals surface area contributed by atoms with E-state index in [1.54, 1.807) is 20.9 Å². The van der Waals surface area contributed by atoms with Crippen molar-refractivity contribution in [1.82, 2.24) is 10.2 Å². The minimum Gasteiger partial charge on any atom is -0.356 e. The van der Waals surface area contributed by atoms with E-state index in [1.807, 2.05) is 4.90 Å². The van der Waals surface area contributed by atoms with Crippen LogP contribution in [0.3, 0.4) is 0 Å². The minimum atomic E-state index is -3.03. The van der Waals surface area contributed by atoms with E-state index in [0.717, 1.165) is 18.9 Å². The van der Waals surface area contributed by atoms with Crippen LogP contribution in [0, 0.1) is 13.8 Å². The number of sulfone groups is 1. The Bertz CT molecular complexity index is 730. The fraction of sp³-hybridized carbons (Fsp3) is 0.611. The first kappa shape index (κ1) is 22.2. The number of hydrogen-bond acceptors (Lipinski definition) is 3. The second-order valence-electron chi connectivity index (χ2n) is 7.15. The molecule has 0 aliphatic carbocycles. The number of aryl methyl sites for hydroxylation is 2. The molecule has 25 heavy (non-hydrogen) atoms. The van der Waals surface area contributed by atoms with Gasteiger partial charge in [0.15, 0.2) is 15.8 Å². The largest absolute Gasteiger partial charge is 0.356 e. The first-order valence-corrected chi connectivity index (χ1v) is 10.1. The molecule has 2 rings (SSSR count). The van der Waals surface area contributed by atoms with Gasteiger partial charge in [-0.05, 0) is 45.2 Å². The van der Waals surface area contributed by atoms with Gasteiger partial charge in [-0.25, -0.2) is 8.42 Å². The van der Waals surface area contributed by atoms with Crippen LogP contribution in [-0.4, -0.2) is 56.5 Å². The van der Waals surface area contributed by atoms with Gasteiger partial charge in [-0.3, -0.25) is 4.99 Å². The van der Waals surface area contributed by atoms with Crippen LogP contribution in [-0.2, 0) is 16.3 Å². The molecular weight excluding hydrogens is 449 g/mol. The van der Waals surface area contributed by atoms with E-state index >= 15 is 0 Å². The van der Waals surface area contributed by atoms with Crippen molar-refractivity contribution in [2.45, 2.75) is 38.9 Å². The molecule has 0 aromatic heterocycles. The monoisotopic (exact) mass is 479 g/mol. The maximum absolute atomic E-state index is 12.1. The van der Waals surface area contributed by atoms with Crippen LogP contribution in [0.15, 0.2) is 23.2 Å². The molecule has 1 aromatic carbocycles. The summed E-state index contributed by atoms with van der Waals surface area (Å²) in [5.74, 6) is 0.959. The van der Waals surface area contributed by atoms with Gasteiger partial charge in [0.25, 0.3) is 0 Å². The lowest BCUT2D eigenvalue weighted by Crippen LogP contribution is -2.57. The molecule has 1 aliphatic heterocycles. The maximum atomic E-state index is 12.1. The third-order valence-electron chi connectivity index (χ3n) is 4.73. The second kappa shape index (κ2) is 8.70. The molecule has 1 aliphatic rings. The van der Waals surface area contributed by atoms with Gasteiger partial charge >= 0.3 is 0 Å². The lowest BCUT2D eigenvalue weighted by molar-refractivity contribution is 0.353. The van der Waals surface area contributed by atoms with Crippen LogP contribution >= 0.6 is 24.0 Å². The second-order valence-corrected chi connectivity index (χ2v) is 9.90. The molecule has 0 spiro atoms. The fourth-order valence-corrected chi connectivity index (χ4v) is 4.46. The number of halogens is 1. The molecular formula is C18H30IN3O2S. The number of nitrogens with zero attached hydrogens (tertiary/aromatic N) is 2. The van der Waals surface area contributed by atoms with Gasteiger partial charge in [-0.15, -0.1) is 24.0 Å². The predicted molar refractivity (Wildman–Crippen MR) is 116 cm³/mol. The third kappa shape index (κ3) is 5.32. The molecule has 0 atom stereocenters. The van der Waals surface area contributed by atoms with E-state index in [9.17, 15) is 8.42 Å². The summed E-state index contributed by atoms with van der Waals surface area (Å²) in [6.45, 7) is 9.56. The van der Waals surface area contributed by atoms with Crippen molar-refractivity contribution < 1.29 is 8.42 Å². The van der Waals surface area contributed by atoms with Gasteiger partial charge in [0, 0.05) is 26.7 Å². The fourth-order valence-electron chi connectivity index (χ4n) is 3.09. The summed E-state index contributed by atoms with van der Waals surface area (Å²) in [7, 11) is -1.29. The molecule has 0 bridgehead atoms. The molecule has 1 aromatic rings.